The van der Waals surface area contributed by atoms with E-state index in [9.17, 15) is 13.6 Å². The minimum absolute atomic E-state index is 0.00942. The molecule has 2 heterocycles. The summed E-state index contributed by atoms with van der Waals surface area (Å²) in [6.07, 6.45) is -0.373. The van der Waals surface area contributed by atoms with Crippen molar-refractivity contribution in [1.82, 2.24) is 25.1 Å². The van der Waals surface area contributed by atoms with E-state index in [1.165, 1.54) is 13.3 Å². The van der Waals surface area contributed by atoms with Crippen LogP contribution in [0.5, 0.6) is 5.75 Å². The van der Waals surface area contributed by atoms with E-state index in [1.807, 2.05) is 19.1 Å². The maximum Gasteiger partial charge on any atom is 0.254 e. The van der Waals surface area contributed by atoms with E-state index >= 15 is 0 Å². The summed E-state index contributed by atoms with van der Waals surface area (Å²) in [5, 5.41) is 7.22. The molecular formula is C25H24ClF2N5O2. The summed E-state index contributed by atoms with van der Waals surface area (Å²) < 4.78 is 44.1. The number of pyridine rings is 1. The fourth-order valence-corrected chi connectivity index (χ4v) is 4.04. The van der Waals surface area contributed by atoms with Gasteiger partial charge in [0.15, 0.2) is 12.0 Å². The number of aryl methyl sites for hydroxylation is 2. The first-order valence-corrected chi connectivity index (χ1v) is 11.2. The highest BCUT2D eigenvalue weighted by Gasteiger charge is 2.21. The van der Waals surface area contributed by atoms with Gasteiger partial charge >= 0.3 is 0 Å². The molecule has 0 aliphatic heterocycles. The first-order valence-electron chi connectivity index (χ1n) is 11.3. The number of alkyl halides is 1. The molecule has 7 nitrogen and oxygen atoms in total. The Hall–Kier alpha value is -3.59. The van der Waals surface area contributed by atoms with Crippen LogP contribution in [0.4, 0.5) is 8.78 Å². The number of carbonyl (C=O) groups is 1. The second-order valence-corrected chi connectivity index (χ2v) is 8.51. The number of carbonyl (C=O) groups excluding carboxylic acids is 1. The van der Waals surface area contributed by atoms with Crippen molar-refractivity contribution in [3.63, 3.8) is 0 Å². The molecule has 2 aromatic heterocycles. The van der Waals surface area contributed by atoms with Gasteiger partial charge in [-0.15, -0.1) is 0 Å². The van der Waals surface area contributed by atoms with Gasteiger partial charge in [-0.05, 0) is 50.6 Å². The molecule has 0 saturated carbocycles. The number of fused-ring (bicyclic) bond motifs is 1. The average molecular weight is 501 g/mol. The minimum atomic E-state index is -1.87. The molecule has 4 rings (SSSR count). The van der Waals surface area contributed by atoms with Crippen LogP contribution in [-0.4, -0.2) is 31.8 Å². The summed E-state index contributed by atoms with van der Waals surface area (Å²) in [5.41, 5.74) is 2.46. The minimum Gasteiger partial charge on any atom is -0.487 e. The Morgan fingerprint density at radius 1 is 1.31 bits per heavy atom. The number of hydrogen-bond donors (Lipinski definition) is 1. The smallest absolute Gasteiger partial charge is 0.254 e. The zero-order valence-corrected chi connectivity index (χ0v) is 20.3. The first-order chi connectivity index (χ1) is 17.0. The summed E-state index contributed by atoms with van der Waals surface area (Å²) in [5.74, 6) is -0.603. The number of benzene rings is 2. The second-order valence-electron chi connectivity index (χ2n) is 8.10. The Morgan fingerprint density at radius 2 is 2.09 bits per heavy atom. The highest BCUT2D eigenvalue weighted by Crippen LogP contribution is 2.34. The molecule has 0 saturated heterocycles. The summed E-state index contributed by atoms with van der Waals surface area (Å²) in [6, 6.07) is 7.65. The summed E-state index contributed by atoms with van der Waals surface area (Å²) in [7, 11) is 1.79. The number of aromatic nitrogens is 4. The molecule has 1 N–H and O–H groups in total. The fourth-order valence-electron chi connectivity index (χ4n) is 3.78. The number of amides is 1. The van der Waals surface area contributed by atoms with Crippen molar-refractivity contribution in [3.8, 4) is 17.1 Å². The van der Waals surface area contributed by atoms with Crippen LogP contribution < -0.4 is 10.1 Å². The van der Waals surface area contributed by atoms with Gasteiger partial charge in [-0.3, -0.25) is 4.79 Å². The number of nitrogens with zero attached hydrogens (tertiary/aromatic N) is 4. The molecule has 2 aromatic carbocycles. The predicted molar refractivity (Wildman–Crippen MR) is 129 cm³/mol. The zero-order chi connectivity index (χ0) is 26.2. The Labute approximate surface area is 207 Å². The van der Waals surface area contributed by atoms with Crippen molar-refractivity contribution in [2.75, 3.05) is 0 Å². The van der Waals surface area contributed by atoms with E-state index in [2.05, 4.69) is 20.4 Å². The molecule has 35 heavy (non-hydrogen) atoms. The molecule has 0 aliphatic carbocycles. The summed E-state index contributed by atoms with van der Waals surface area (Å²) in [4.78, 5) is 20.9. The summed E-state index contributed by atoms with van der Waals surface area (Å²) in [6.45, 7) is 4.07. The maximum atomic E-state index is 14.2. The number of para-hydroxylation sites is 1. The van der Waals surface area contributed by atoms with Crippen molar-refractivity contribution in [2.24, 2.45) is 7.05 Å². The van der Waals surface area contributed by atoms with E-state index in [1.54, 1.807) is 23.9 Å². The second kappa shape index (κ2) is 9.95. The number of halogens is 3. The van der Waals surface area contributed by atoms with Crippen molar-refractivity contribution in [2.45, 2.75) is 39.6 Å². The molecular weight excluding hydrogens is 476 g/mol. The Morgan fingerprint density at radius 3 is 2.77 bits per heavy atom. The van der Waals surface area contributed by atoms with Gasteiger partial charge < -0.3 is 10.1 Å². The fraction of sp³-hybridized carbons (Fsp3) is 0.280. The van der Waals surface area contributed by atoms with Gasteiger partial charge in [0.2, 0.25) is 0 Å². The van der Waals surface area contributed by atoms with Crippen LogP contribution in [0, 0.1) is 12.7 Å². The lowest BCUT2D eigenvalue weighted by Gasteiger charge is -2.20. The van der Waals surface area contributed by atoms with Gasteiger partial charge in [-0.1, -0.05) is 23.7 Å². The Kier molecular flexibility index (Phi) is 6.59. The van der Waals surface area contributed by atoms with Crippen molar-refractivity contribution < 1.29 is 19.7 Å². The van der Waals surface area contributed by atoms with Crippen LogP contribution in [0.1, 0.15) is 38.1 Å². The third-order valence-electron chi connectivity index (χ3n) is 5.49. The molecule has 4 aromatic rings. The first kappa shape index (κ1) is 23.2. The molecule has 0 fully saturated rings. The predicted octanol–water partition coefficient (Wildman–Crippen LogP) is 5.25. The van der Waals surface area contributed by atoms with E-state index < -0.39 is 23.9 Å². The molecule has 2 atom stereocenters. The Bertz CT molecular complexity index is 1460. The van der Waals surface area contributed by atoms with Gasteiger partial charge in [0.25, 0.3) is 5.91 Å². The van der Waals surface area contributed by atoms with Gasteiger partial charge in [-0.2, -0.15) is 5.10 Å². The molecule has 10 heteroatoms. The highest BCUT2D eigenvalue weighted by molar-refractivity contribution is 6.31. The topological polar surface area (TPSA) is 81.9 Å². The monoisotopic (exact) mass is 500 g/mol. The molecule has 0 unspecified atom stereocenters. The van der Waals surface area contributed by atoms with Crippen LogP contribution in [0.2, 0.25) is 5.02 Å². The third kappa shape index (κ3) is 5.09. The highest BCUT2D eigenvalue weighted by atomic mass is 35.5. The molecule has 0 bridgehead atoms. The van der Waals surface area contributed by atoms with Crippen LogP contribution in [0.3, 0.4) is 0 Å². The summed E-state index contributed by atoms with van der Waals surface area (Å²) >= 11 is 6.34. The quantitative estimate of drug-likeness (QED) is 0.375. The number of hydrogen-bond acceptors (Lipinski definition) is 5. The van der Waals surface area contributed by atoms with Crippen molar-refractivity contribution in [1.29, 1.82) is 0 Å². The SMILES string of the molecule is [2H][C@@](C)(NC(=O)[C@H](C)F)c1cc(F)cc(Cl)c1COc1cccc2c(-c3ncnn3C)cc(C)nc12. The van der Waals surface area contributed by atoms with Crippen LogP contribution >= 0.6 is 11.6 Å². The normalized spacial score (nSPS) is 14.3. The van der Waals surface area contributed by atoms with Crippen LogP contribution in [-0.2, 0) is 18.4 Å². The molecule has 0 radical (unpaired) electrons. The van der Waals surface area contributed by atoms with Gasteiger partial charge in [0.05, 0.1) is 12.4 Å². The lowest BCUT2D eigenvalue weighted by atomic mass is 10.0. The van der Waals surface area contributed by atoms with Crippen LogP contribution in [0.25, 0.3) is 22.3 Å². The number of nitrogens with one attached hydrogen (secondary N) is 1. The van der Waals surface area contributed by atoms with Crippen LogP contribution in [0.15, 0.2) is 42.7 Å². The van der Waals surface area contributed by atoms with Crippen molar-refractivity contribution >= 4 is 28.4 Å². The molecule has 1 amide bonds. The Balaban J connectivity index is 1.74. The van der Waals surface area contributed by atoms with E-state index in [0.717, 1.165) is 35.7 Å². The standard InChI is InChI=1S/C25H24ClF2N5O2/c1-13-8-19(24-29-12-30-33(24)4)17-6-5-7-22(23(17)31-13)35-11-20-18(9-16(28)10-21(20)26)15(3)32-25(34)14(2)27/h5-10,12,14-15H,11H2,1-4H3,(H,32,34)/t14-,15-/m0/s1/i15D. The number of ether oxygens (including phenoxy) is 1. The largest absolute Gasteiger partial charge is 0.487 e. The van der Waals surface area contributed by atoms with Crippen molar-refractivity contribution in [3.05, 3.63) is 70.4 Å². The molecule has 182 valence electrons. The lowest BCUT2D eigenvalue weighted by molar-refractivity contribution is -0.126. The maximum absolute atomic E-state index is 14.2. The van der Waals surface area contributed by atoms with E-state index in [4.69, 9.17) is 17.7 Å². The number of rotatable bonds is 7. The molecule has 0 spiro atoms. The van der Waals surface area contributed by atoms with E-state index in [0.29, 0.717) is 17.1 Å². The zero-order valence-electron chi connectivity index (χ0n) is 20.6. The third-order valence-corrected chi connectivity index (χ3v) is 5.83. The van der Waals surface area contributed by atoms with Gasteiger partial charge in [-0.25, -0.2) is 23.4 Å². The van der Waals surface area contributed by atoms with E-state index in [-0.39, 0.29) is 22.8 Å². The molecule has 0 aliphatic rings. The average Bonchev–Trinajstić information content (AvgIpc) is 3.22. The van der Waals surface area contributed by atoms with Gasteiger partial charge in [0.1, 0.15) is 30.0 Å². The lowest BCUT2D eigenvalue weighted by Crippen LogP contribution is -2.33. The van der Waals surface area contributed by atoms with Gasteiger partial charge in [0, 0.05) is 29.3 Å².